The van der Waals surface area contributed by atoms with Crippen LogP contribution in [-0.4, -0.2) is 18.4 Å². The van der Waals surface area contributed by atoms with Crippen LogP contribution in [0.5, 0.6) is 5.75 Å². The van der Waals surface area contributed by atoms with Gasteiger partial charge in [0.1, 0.15) is 12.4 Å². The van der Waals surface area contributed by atoms with Gasteiger partial charge >= 0.3 is 0 Å². The summed E-state index contributed by atoms with van der Waals surface area (Å²) in [7, 11) is 1.73. The van der Waals surface area contributed by atoms with Crippen LogP contribution < -0.4 is 15.5 Å². The van der Waals surface area contributed by atoms with Gasteiger partial charge in [-0.05, 0) is 42.0 Å². The lowest BCUT2D eigenvalue weighted by molar-refractivity contribution is 0.306. The highest BCUT2D eigenvalue weighted by Gasteiger charge is 2.01. The van der Waals surface area contributed by atoms with E-state index in [9.17, 15) is 0 Å². The third kappa shape index (κ3) is 5.02. The Morgan fingerprint density at radius 1 is 1.23 bits per heavy atom. The lowest BCUT2D eigenvalue weighted by Crippen LogP contribution is -2.28. The molecule has 0 spiro atoms. The Bertz CT molecular complexity index is 659. The van der Waals surface area contributed by atoms with Gasteiger partial charge < -0.3 is 10.1 Å². The summed E-state index contributed by atoms with van der Waals surface area (Å²) >= 11 is 10.8. The van der Waals surface area contributed by atoms with Crippen LogP contribution in [0.2, 0.25) is 5.02 Å². The third-order valence-corrected chi connectivity index (χ3v) is 3.37. The van der Waals surface area contributed by atoms with Crippen LogP contribution >= 0.6 is 23.8 Å². The molecule has 0 aromatic heterocycles. The van der Waals surface area contributed by atoms with Crippen molar-refractivity contribution in [2.75, 3.05) is 7.05 Å². The number of nitrogens with zero attached hydrogens (tertiary/aromatic N) is 1. The molecule has 22 heavy (non-hydrogen) atoms. The first-order chi connectivity index (χ1) is 10.7. The summed E-state index contributed by atoms with van der Waals surface area (Å²) in [5.41, 5.74) is 4.62. The molecule has 2 aromatic carbocycles. The summed E-state index contributed by atoms with van der Waals surface area (Å²) in [5.74, 6) is 0.748. The fourth-order valence-electron chi connectivity index (χ4n) is 1.68. The number of ether oxygens (including phenoxy) is 1. The molecule has 2 N–H and O–H groups in total. The van der Waals surface area contributed by atoms with Crippen molar-refractivity contribution in [3.63, 3.8) is 0 Å². The van der Waals surface area contributed by atoms with Gasteiger partial charge in [0.25, 0.3) is 0 Å². The van der Waals surface area contributed by atoms with Gasteiger partial charge in [0.15, 0.2) is 5.11 Å². The number of halogens is 1. The molecule has 2 rings (SSSR count). The van der Waals surface area contributed by atoms with Gasteiger partial charge in [-0.15, -0.1) is 0 Å². The second-order valence-corrected chi connectivity index (χ2v) is 5.25. The molecular formula is C16H16ClN3OS. The van der Waals surface area contributed by atoms with Crippen molar-refractivity contribution >= 4 is 35.1 Å². The second kappa shape index (κ2) is 8.36. The van der Waals surface area contributed by atoms with Crippen molar-refractivity contribution in [2.24, 2.45) is 5.10 Å². The fourth-order valence-corrected chi connectivity index (χ4v) is 1.86. The lowest BCUT2D eigenvalue weighted by atomic mass is 10.2. The molecule has 114 valence electrons. The van der Waals surface area contributed by atoms with Crippen molar-refractivity contribution in [2.45, 2.75) is 6.61 Å². The Kier molecular flexibility index (Phi) is 6.18. The van der Waals surface area contributed by atoms with Crippen molar-refractivity contribution in [1.82, 2.24) is 10.7 Å². The molecule has 0 saturated carbocycles. The molecule has 0 aliphatic rings. The van der Waals surface area contributed by atoms with E-state index in [4.69, 9.17) is 28.6 Å². The van der Waals surface area contributed by atoms with E-state index in [0.717, 1.165) is 16.9 Å². The van der Waals surface area contributed by atoms with Gasteiger partial charge in [-0.1, -0.05) is 35.9 Å². The van der Waals surface area contributed by atoms with E-state index in [1.165, 1.54) is 0 Å². The zero-order chi connectivity index (χ0) is 15.8. The molecule has 6 heteroatoms. The van der Waals surface area contributed by atoms with Crippen LogP contribution in [0.1, 0.15) is 11.1 Å². The summed E-state index contributed by atoms with van der Waals surface area (Å²) in [6.07, 6.45) is 1.67. The van der Waals surface area contributed by atoms with Crippen molar-refractivity contribution in [3.8, 4) is 5.75 Å². The number of para-hydroxylation sites is 1. The fraction of sp³-hybridized carbons (Fsp3) is 0.125. The number of hydrogen-bond donors (Lipinski definition) is 2. The Morgan fingerprint density at radius 2 is 1.95 bits per heavy atom. The van der Waals surface area contributed by atoms with E-state index >= 15 is 0 Å². The predicted octanol–water partition coefficient (Wildman–Crippen LogP) is 3.35. The molecule has 0 fully saturated rings. The molecule has 0 heterocycles. The van der Waals surface area contributed by atoms with E-state index in [0.29, 0.717) is 16.7 Å². The molecule has 0 aliphatic carbocycles. The molecule has 0 amide bonds. The monoisotopic (exact) mass is 333 g/mol. The van der Waals surface area contributed by atoms with Crippen LogP contribution in [0.25, 0.3) is 0 Å². The summed E-state index contributed by atoms with van der Waals surface area (Å²) in [6.45, 7) is 0.463. The maximum Gasteiger partial charge on any atom is 0.186 e. The molecule has 4 nitrogen and oxygen atoms in total. The average molecular weight is 334 g/mol. The molecule has 2 aromatic rings. The van der Waals surface area contributed by atoms with E-state index in [1.807, 2.05) is 48.5 Å². The average Bonchev–Trinajstić information content (AvgIpc) is 2.55. The lowest BCUT2D eigenvalue weighted by Gasteiger charge is -2.09. The minimum atomic E-state index is 0.454. The zero-order valence-electron chi connectivity index (χ0n) is 12.0. The Balaban J connectivity index is 2.01. The number of nitrogens with one attached hydrogen (secondary N) is 2. The normalized spacial score (nSPS) is 10.5. The minimum Gasteiger partial charge on any atom is -0.488 e. The SMILES string of the molecule is CNC(=S)N/N=C/c1ccccc1OCc1ccc(Cl)cc1. The highest BCUT2D eigenvalue weighted by Crippen LogP contribution is 2.18. The zero-order valence-corrected chi connectivity index (χ0v) is 13.6. The highest BCUT2D eigenvalue weighted by atomic mass is 35.5. The van der Waals surface area contributed by atoms with Crippen LogP contribution in [-0.2, 0) is 6.61 Å². The topological polar surface area (TPSA) is 45.7 Å². The number of rotatable bonds is 5. The van der Waals surface area contributed by atoms with Gasteiger partial charge in [-0.25, -0.2) is 0 Å². The van der Waals surface area contributed by atoms with Crippen molar-refractivity contribution in [3.05, 3.63) is 64.7 Å². The van der Waals surface area contributed by atoms with E-state index in [2.05, 4.69) is 15.8 Å². The number of hydrogen-bond acceptors (Lipinski definition) is 3. The van der Waals surface area contributed by atoms with Gasteiger partial charge in [0.2, 0.25) is 0 Å². The molecule has 0 unspecified atom stereocenters. The smallest absolute Gasteiger partial charge is 0.186 e. The van der Waals surface area contributed by atoms with E-state index < -0.39 is 0 Å². The quantitative estimate of drug-likeness (QED) is 0.500. The van der Waals surface area contributed by atoms with Crippen LogP contribution in [0.4, 0.5) is 0 Å². The Labute approximate surface area is 140 Å². The van der Waals surface area contributed by atoms with Crippen LogP contribution in [0.3, 0.4) is 0 Å². The molecule has 0 radical (unpaired) electrons. The summed E-state index contributed by atoms with van der Waals surface area (Å²) < 4.78 is 5.84. The molecule has 0 aliphatic heterocycles. The maximum absolute atomic E-state index is 5.87. The molecular weight excluding hydrogens is 318 g/mol. The van der Waals surface area contributed by atoms with Crippen molar-refractivity contribution in [1.29, 1.82) is 0 Å². The number of thiocarbonyl (C=S) groups is 1. The Morgan fingerprint density at radius 3 is 2.68 bits per heavy atom. The standard InChI is InChI=1S/C16H16ClN3OS/c1-18-16(22)20-19-10-13-4-2-3-5-15(13)21-11-12-6-8-14(17)9-7-12/h2-10H,11H2,1H3,(H2,18,20,22)/b19-10+. The first-order valence-electron chi connectivity index (χ1n) is 6.66. The summed E-state index contributed by atoms with van der Waals surface area (Å²) in [4.78, 5) is 0. The minimum absolute atomic E-state index is 0.454. The molecule has 0 saturated heterocycles. The number of hydrazone groups is 1. The highest BCUT2D eigenvalue weighted by molar-refractivity contribution is 7.80. The predicted molar refractivity (Wildman–Crippen MR) is 94.6 cm³/mol. The first kappa shape index (κ1) is 16.3. The largest absolute Gasteiger partial charge is 0.488 e. The van der Waals surface area contributed by atoms with Crippen molar-refractivity contribution < 1.29 is 4.74 Å². The van der Waals surface area contributed by atoms with E-state index in [-0.39, 0.29) is 0 Å². The second-order valence-electron chi connectivity index (χ2n) is 4.40. The molecule has 0 bridgehead atoms. The van der Waals surface area contributed by atoms with Crippen LogP contribution in [0.15, 0.2) is 53.6 Å². The summed E-state index contributed by atoms with van der Waals surface area (Å²) in [5, 5.41) is 8.01. The maximum atomic E-state index is 5.87. The third-order valence-electron chi connectivity index (χ3n) is 2.82. The first-order valence-corrected chi connectivity index (χ1v) is 7.44. The molecule has 0 atom stereocenters. The van der Waals surface area contributed by atoms with Crippen LogP contribution in [0, 0.1) is 0 Å². The van der Waals surface area contributed by atoms with E-state index in [1.54, 1.807) is 13.3 Å². The van der Waals surface area contributed by atoms with Gasteiger partial charge in [-0.2, -0.15) is 5.10 Å². The van der Waals surface area contributed by atoms with Gasteiger partial charge in [0, 0.05) is 17.6 Å². The van der Waals surface area contributed by atoms with Gasteiger partial charge in [0.05, 0.1) is 6.21 Å². The Hall–Kier alpha value is -2.11. The summed E-state index contributed by atoms with van der Waals surface area (Å²) in [6, 6.07) is 15.2. The van der Waals surface area contributed by atoms with Gasteiger partial charge in [-0.3, -0.25) is 5.43 Å². The number of benzene rings is 2.